The number of Topliss-reactive ketones (excluding diaryl/α,β-unsaturated/α-hetero) is 1. The quantitative estimate of drug-likeness (QED) is 0.908. The van der Waals surface area contributed by atoms with Gasteiger partial charge in [-0.25, -0.2) is 0 Å². The molecular formula is C14H13F3O3. The van der Waals surface area contributed by atoms with Crippen LogP contribution >= 0.6 is 0 Å². The van der Waals surface area contributed by atoms with Gasteiger partial charge in [-0.05, 0) is 18.1 Å². The van der Waals surface area contributed by atoms with Crippen molar-refractivity contribution in [2.45, 2.75) is 31.4 Å². The Bertz CT molecular complexity index is 537. The standard InChI is InChI=1S/C14H13F3O3/c15-14(16,17)9-3-1-2-8(6-9)12-7-10(18)4-5-11(12)13(19)20/h1-3,6,11-12H,4-5,7H2,(H,19,20)/t11-,12+/m1/s1. The van der Waals surface area contributed by atoms with Crippen molar-refractivity contribution >= 4 is 11.8 Å². The van der Waals surface area contributed by atoms with Crippen LogP contribution in [0, 0.1) is 5.92 Å². The first kappa shape index (κ1) is 14.6. The second-order valence-corrected chi connectivity index (χ2v) is 4.96. The Labute approximate surface area is 113 Å². The van der Waals surface area contributed by atoms with E-state index in [9.17, 15) is 22.8 Å². The van der Waals surface area contributed by atoms with E-state index >= 15 is 0 Å². The highest BCUT2D eigenvalue weighted by Gasteiger charge is 2.37. The predicted octanol–water partition coefficient (Wildman–Crippen LogP) is 3.24. The Kier molecular flexibility index (Phi) is 3.83. The van der Waals surface area contributed by atoms with Gasteiger partial charge in [0.1, 0.15) is 5.78 Å². The van der Waals surface area contributed by atoms with Gasteiger partial charge < -0.3 is 5.11 Å². The zero-order chi connectivity index (χ0) is 14.9. The second-order valence-electron chi connectivity index (χ2n) is 4.96. The van der Waals surface area contributed by atoms with Crippen molar-refractivity contribution in [2.75, 3.05) is 0 Å². The SMILES string of the molecule is O=C1CC[C@@H](C(=O)O)[C@H](c2cccc(C(F)(F)F)c2)C1. The van der Waals surface area contributed by atoms with Crippen LogP contribution in [-0.4, -0.2) is 16.9 Å². The third-order valence-corrected chi connectivity index (χ3v) is 3.63. The van der Waals surface area contributed by atoms with Gasteiger partial charge in [0.2, 0.25) is 0 Å². The van der Waals surface area contributed by atoms with Crippen molar-refractivity contribution in [2.24, 2.45) is 5.92 Å². The highest BCUT2D eigenvalue weighted by molar-refractivity contribution is 5.83. The summed E-state index contributed by atoms with van der Waals surface area (Å²) in [5, 5.41) is 9.15. The summed E-state index contributed by atoms with van der Waals surface area (Å²) in [6, 6.07) is 4.58. The Morgan fingerprint density at radius 2 is 2.00 bits per heavy atom. The van der Waals surface area contributed by atoms with E-state index in [1.165, 1.54) is 12.1 Å². The van der Waals surface area contributed by atoms with E-state index in [2.05, 4.69) is 0 Å². The number of carbonyl (C=O) groups is 2. The van der Waals surface area contributed by atoms with Crippen molar-refractivity contribution in [3.63, 3.8) is 0 Å². The molecule has 6 heteroatoms. The van der Waals surface area contributed by atoms with Crippen LogP contribution in [-0.2, 0) is 15.8 Å². The van der Waals surface area contributed by atoms with Crippen LogP contribution in [0.1, 0.15) is 36.3 Å². The van der Waals surface area contributed by atoms with E-state index < -0.39 is 29.5 Å². The molecule has 1 N–H and O–H groups in total. The number of hydrogen-bond acceptors (Lipinski definition) is 2. The summed E-state index contributed by atoms with van der Waals surface area (Å²) < 4.78 is 38.1. The van der Waals surface area contributed by atoms with Gasteiger partial charge in [0.15, 0.2) is 0 Å². The lowest BCUT2D eigenvalue weighted by molar-refractivity contribution is -0.144. The number of benzene rings is 1. The Balaban J connectivity index is 2.37. The molecular weight excluding hydrogens is 273 g/mol. The first-order chi connectivity index (χ1) is 9.29. The zero-order valence-corrected chi connectivity index (χ0v) is 10.5. The largest absolute Gasteiger partial charge is 0.481 e. The molecule has 0 bridgehead atoms. The number of hydrogen-bond donors (Lipinski definition) is 1. The molecule has 0 aromatic heterocycles. The lowest BCUT2D eigenvalue weighted by atomic mass is 9.74. The summed E-state index contributed by atoms with van der Waals surface area (Å²) >= 11 is 0. The number of ketones is 1. The number of alkyl halides is 3. The summed E-state index contributed by atoms with van der Waals surface area (Å²) in [6.07, 6.45) is -4.15. The van der Waals surface area contributed by atoms with E-state index in [1.54, 1.807) is 0 Å². The zero-order valence-electron chi connectivity index (χ0n) is 10.5. The van der Waals surface area contributed by atoms with Crippen LogP contribution < -0.4 is 0 Å². The van der Waals surface area contributed by atoms with Gasteiger partial charge in [-0.3, -0.25) is 9.59 Å². The number of carboxylic acid groups (broad SMARTS) is 1. The van der Waals surface area contributed by atoms with E-state index in [4.69, 9.17) is 5.11 Å². The minimum atomic E-state index is -4.48. The van der Waals surface area contributed by atoms with Crippen LogP contribution in [0.25, 0.3) is 0 Å². The number of carboxylic acids is 1. The second kappa shape index (κ2) is 5.26. The molecule has 0 amide bonds. The molecule has 0 heterocycles. The molecule has 1 aliphatic carbocycles. The summed E-state index contributed by atoms with van der Waals surface area (Å²) in [5.41, 5.74) is -0.558. The van der Waals surface area contributed by atoms with Gasteiger partial charge >= 0.3 is 12.1 Å². The molecule has 0 radical (unpaired) electrons. The Hall–Kier alpha value is -1.85. The first-order valence-electron chi connectivity index (χ1n) is 6.20. The third-order valence-electron chi connectivity index (χ3n) is 3.63. The Morgan fingerprint density at radius 3 is 2.60 bits per heavy atom. The molecule has 1 aliphatic rings. The van der Waals surface area contributed by atoms with E-state index in [1.807, 2.05) is 0 Å². The maximum Gasteiger partial charge on any atom is 0.416 e. The van der Waals surface area contributed by atoms with Crippen molar-refractivity contribution in [1.29, 1.82) is 0 Å². The van der Waals surface area contributed by atoms with Crippen molar-refractivity contribution in [3.8, 4) is 0 Å². The normalized spacial score (nSPS) is 23.6. The molecule has 1 aromatic rings. The van der Waals surface area contributed by atoms with Gasteiger partial charge in [0, 0.05) is 18.8 Å². The van der Waals surface area contributed by atoms with E-state index in [0.29, 0.717) is 0 Å². The minimum absolute atomic E-state index is 0.0156. The van der Waals surface area contributed by atoms with E-state index in [-0.39, 0.29) is 30.6 Å². The van der Waals surface area contributed by atoms with Crippen LogP contribution in [0.15, 0.2) is 24.3 Å². The highest BCUT2D eigenvalue weighted by atomic mass is 19.4. The van der Waals surface area contributed by atoms with Crippen LogP contribution in [0.5, 0.6) is 0 Å². The molecule has 3 nitrogen and oxygen atoms in total. The lowest BCUT2D eigenvalue weighted by Gasteiger charge is -2.28. The van der Waals surface area contributed by atoms with Gasteiger partial charge in [0.25, 0.3) is 0 Å². The molecule has 2 atom stereocenters. The topological polar surface area (TPSA) is 54.4 Å². The molecule has 0 unspecified atom stereocenters. The fourth-order valence-electron chi connectivity index (χ4n) is 2.60. The Morgan fingerprint density at radius 1 is 1.30 bits per heavy atom. The average molecular weight is 286 g/mol. The molecule has 1 saturated carbocycles. The van der Waals surface area contributed by atoms with Gasteiger partial charge in [-0.15, -0.1) is 0 Å². The number of rotatable bonds is 2. The summed E-state index contributed by atoms with van der Waals surface area (Å²) in [4.78, 5) is 22.7. The maximum absolute atomic E-state index is 12.7. The van der Waals surface area contributed by atoms with Crippen molar-refractivity contribution < 1.29 is 27.9 Å². The molecule has 20 heavy (non-hydrogen) atoms. The number of aliphatic carboxylic acids is 1. The third kappa shape index (κ3) is 3.00. The van der Waals surface area contributed by atoms with Gasteiger partial charge in [-0.1, -0.05) is 18.2 Å². The average Bonchev–Trinajstić information content (AvgIpc) is 2.37. The number of halogens is 3. The molecule has 0 spiro atoms. The summed E-state index contributed by atoms with van der Waals surface area (Å²) in [5.74, 6) is -2.67. The lowest BCUT2D eigenvalue weighted by Crippen LogP contribution is -2.29. The molecule has 0 saturated heterocycles. The monoisotopic (exact) mass is 286 g/mol. The van der Waals surface area contributed by atoms with Gasteiger partial charge in [0.05, 0.1) is 11.5 Å². The fourth-order valence-corrected chi connectivity index (χ4v) is 2.60. The van der Waals surface area contributed by atoms with Crippen LogP contribution in [0.3, 0.4) is 0 Å². The predicted molar refractivity (Wildman–Crippen MR) is 64.2 cm³/mol. The summed E-state index contributed by atoms with van der Waals surface area (Å²) in [6.45, 7) is 0. The van der Waals surface area contributed by atoms with Crippen molar-refractivity contribution in [1.82, 2.24) is 0 Å². The first-order valence-corrected chi connectivity index (χ1v) is 6.20. The molecule has 2 rings (SSSR count). The number of carbonyl (C=O) groups excluding carboxylic acids is 1. The smallest absolute Gasteiger partial charge is 0.416 e. The van der Waals surface area contributed by atoms with Crippen LogP contribution in [0.2, 0.25) is 0 Å². The van der Waals surface area contributed by atoms with Crippen molar-refractivity contribution in [3.05, 3.63) is 35.4 Å². The molecule has 1 fully saturated rings. The molecule has 108 valence electrons. The maximum atomic E-state index is 12.7. The molecule has 1 aromatic carbocycles. The van der Waals surface area contributed by atoms with Gasteiger partial charge in [-0.2, -0.15) is 13.2 Å². The summed E-state index contributed by atoms with van der Waals surface area (Å²) in [7, 11) is 0. The molecule has 0 aliphatic heterocycles. The van der Waals surface area contributed by atoms with E-state index in [0.717, 1.165) is 12.1 Å². The minimum Gasteiger partial charge on any atom is -0.481 e. The fraction of sp³-hybridized carbons (Fsp3) is 0.429. The highest BCUT2D eigenvalue weighted by Crippen LogP contribution is 2.38. The van der Waals surface area contributed by atoms with Crippen LogP contribution in [0.4, 0.5) is 13.2 Å².